The first-order valence-electron chi connectivity index (χ1n) is 11.8. The van der Waals surface area contributed by atoms with Gasteiger partial charge in [0.1, 0.15) is 17.3 Å². The van der Waals surface area contributed by atoms with Crippen LogP contribution < -0.4 is 4.74 Å². The Kier molecular flexibility index (Phi) is 8.45. The Bertz CT molecular complexity index is 1060. The number of aliphatic hydroxyl groups excluding tert-OH is 1. The molecule has 3 rings (SSSR count). The van der Waals surface area contributed by atoms with Gasteiger partial charge in [-0.05, 0) is 67.9 Å². The van der Waals surface area contributed by atoms with E-state index in [4.69, 9.17) is 4.74 Å². The van der Waals surface area contributed by atoms with E-state index >= 15 is 0 Å². The number of likely N-dealkylation sites (tertiary alicyclic amines) is 1. The van der Waals surface area contributed by atoms with Crippen LogP contribution in [0.15, 0.2) is 48.0 Å². The third-order valence-corrected chi connectivity index (χ3v) is 6.20. The van der Waals surface area contributed by atoms with Gasteiger partial charge in [-0.2, -0.15) is 0 Å². The number of aliphatic hydroxyl groups is 1. The molecule has 0 radical (unpaired) electrons. The van der Waals surface area contributed by atoms with Crippen molar-refractivity contribution in [2.45, 2.75) is 40.2 Å². The molecule has 2 aromatic rings. The molecule has 6 nitrogen and oxygen atoms in total. The van der Waals surface area contributed by atoms with Crippen LogP contribution in [0.4, 0.5) is 4.39 Å². The lowest BCUT2D eigenvalue weighted by Gasteiger charge is -2.28. The second-order valence-corrected chi connectivity index (χ2v) is 8.40. The van der Waals surface area contributed by atoms with Crippen molar-refractivity contribution in [3.05, 3.63) is 70.5 Å². The SMILES string of the molecule is CCCOc1ccc(/C(O)=C2/C(=O)C(=O)N(CCN(CC)CC)C2c2ccc(F)cc2)c(C)c1. The summed E-state index contributed by atoms with van der Waals surface area (Å²) < 4.78 is 19.3. The molecule has 1 saturated heterocycles. The lowest BCUT2D eigenvalue weighted by atomic mass is 9.94. The van der Waals surface area contributed by atoms with Gasteiger partial charge in [0, 0.05) is 18.7 Å². The highest BCUT2D eigenvalue weighted by molar-refractivity contribution is 6.46. The molecule has 1 aliphatic heterocycles. The molecule has 1 amide bonds. The number of carbonyl (C=O) groups is 2. The van der Waals surface area contributed by atoms with Crippen molar-refractivity contribution in [2.75, 3.05) is 32.8 Å². The molecule has 0 aromatic heterocycles. The number of ketones is 1. The van der Waals surface area contributed by atoms with Gasteiger partial charge in [0.2, 0.25) is 0 Å². The summed E-state index contributed by atoms with van der Waals surface area (Å²) in [5, 5.41) is 11.3. The van der Waals surface area contributed by atoms with E-state index in [0.717, 1.165) is 25.1 Å². The smallest absolute Gasteiger partial charge is 0.295 e. The fraction of sp³-hybridized carbons (Fsp3) is 0.407. The van der Waals surface area contributed by atoms with Gasteiger partial charge in [-0.1, -0.05) is 32.9 Å². The van der Waals surface area contributed by atoms with E-state index in [-0.39, 0.29) is 11.3 Å². The number of amides is 1. The number of ether oxygens (including phenoxy) is 1. The zero-order valence-corrected chi connectivity index (χ0v) is 20.3. The monoisotopic (exact) mass is 468 g/mol. The average molecular weight is 469 g/mol. The molecule has 0 spiro atoms. The third kappa shape index (κ3) is 5.30. The Morgan fingerprint density at radius 2 is 1.76 bits per heavy atom. The minimum atomic E-state index is -0.799. The fourth-order valence-electron chi connectivity index (χ4n) is 4.25. The van der Waals surface area contributed by atoms with Gasteiger partial charge in [0.05, 0.1) is 18.2 Å². The quantitative estimate of drug-likeness (QED) is 0.311. The molecule has 1 atom stereocenters. The number of hydrogen-bond donors (Lipinski definition) is 1. The molecule has 1 heterocycles. The summed E-state index contributed by atoms with van der Waals surface area (Å²) in [6.45, 7) is 11.0. The molecule has 1 aliphatic rings. The molecule has 7 heteroatoms. The Morgan fingerprint density at radius 1 is 1.09 bits per heavy atom. The number of rotatable bonds is 10. The largest absolute Gasteiger partial charge is 0.507 e. The van der Waals surface area contributed by atoms with Crippen molar-refractivity contribution in [3.8, 4) is 5.75 Å². The molecule has 2 aromatic carbocycles. The van der Waals surface area contributed by atoms with E-state index < -0.39 is 23.5 Å². The number of carbonyl (C=O) groups excluding carboxylic acids is 2. The first kappa shape index (κ1) is 25.4. The van der Waals surface area contributed by atoms with Gasteiger partial charge >= 0.3 is 0 Å². The highest BCUT2D eigenvalue weighted by Crippen LogP contribution is 2.40. The van der Waals surface area contributed by atoms with E-state index in [0.29, 0.717) is 36.6 Å². The number of nitrogens with zero attached hydrogens (tertiary/aromatic N) is 2. The predicted octanol–water partition coefficient (Wildman–Crippen LogP) is 4.69. The van der Waals surface area contributed by atoms with Crippen LogP contribution in [0.5, 0.6) is 5.75 Å². The van der Waals surface area contributed by atoms with Crippen LogP contribution in [0.3, 0.4) is 0 Å². The molecule has 182 valence electrons. The molecule has 0 bridgehead atoms. The average Bonchev–Trinajstić information content (AvgIpc) is 3.08. The van der Waals surface area contributed by atoms with Gasteiger partial charge in [0.25, 0.3) is 11.7 Å². The molecule has 0 aliphatic carbocycles. The summed E-state index contributed by atoms with van der Waals surface area (Å²) in [4.78, 5) is 29.9. The zero-order chi connectivity index (χ0) is 24.8. The molecular weight excluding hydrogens is 435 g/mol. The third-order valence-electron chi connectivity index (χ3n) is 6.20. The topological polar surface area (TPSA) is 70.1 Å². The van der Waals surface area contributed by atoms with Crippen molar-refractivity contribution in [3.63, 3.8) is 0 Å². The lowest BCUT2D eigenvalue weighted by molar-refractivity contribution is -0.140. The number of benzene rings is 2. The molecular formula is C27H33FN2O4. The standard InChI is InChI=1S/C27H33FN2O4/c1-5-16-34-21-12-13-22(18(4)17-21)25(31)23-24(19-8-10-20(28)11-9-19)30(27(33)26(23)32)15-14-29(6-2)7-3/h8-13,17,24,31H,5-7,14-16H2,1-4H3/b25-23-. The van der Waals surface area contributed by atoms with Gasteiger partial charge in [-0.25, -0.2) is 4.39 Å². The van der Waals surface area contributed by atoms with E-state index in [2.05, 4.69) is 4.90 Å². The molecule has 0 saturated carbocycles. The Balaban J connectivity index is 2.07. The first-order valence-corrected chi connectivity index (χ1v) is 11.8. The highest BCUT2D eigenvalue weighted by atomic mass is 19.1. The maximum absolute atomic E-state index is 13.6. The normalized spacial score (nSPS) is 17.6. The predicted molar refractivity (Wildman–Crippen MR) is 130 cm³/mol. The number of hydrogen-bond acceptors (Lipinski definition) is 5. The first-order chi connectivity index (χ1) is 16.3. The summed E-state index contributed by atoms with van der Waals surface area (Å²) in [6.07, 6.45) is 0.870. The Labute approximate surface area is 200 Å². The van der Waals surface area contributed by atoms with Gasteiger partial charge in [-0.3, -0.25) is 9.59 Å². The summed E-state index contributed by atoms with van der Waals surface area (Å²) >= 11 is 0. The number of likely N-dealkylation sites (N-methyl/N-ethyl adjacent to an activating group) is 1. The summed E-state index contributed by atoms with van der Waals surface area (Å²) in [5.74, 6) is -1.38. The molecule has 1 fully saturated rings. The molecule has 1 unspecified atom stereocenters. The second-order valence-electron chi connectivity index (χ2n) is 8.40. The van der Waals surface area contributed by atoms with Crippen LogP contribution in [0.25, 0.3) is 5.76 Å². The summed E-state index contributed by atoms with van der Waals surface area (Å²) in [7, 11) is 0. The van der Waals surface area contributed by atoms with E-state index in [1.165, 1.54) is 17.0 Å². The minimum Gasteiger partial charge on any atom is -0.507 e. The van der Waals surface area contributed by atoms with Gasteiger partial charge in [0.15, 0.2) is 0 Å². The van der Waals surface area contributed by atoms with Crippen molar-refractivity contribution in [1.29, 1.82) is 0 Å². The fourth-order valence-corrected chi connectivity index (χ4v) is 4.25. The summed E-state index contributed by atoms with van der Waals surface area (Å²) in [6, 6.07) is 10.1. The minimum absolute atomic E-state index is 0.0153. The maximum Gasteiger partial charge on any atom is 0.295 e. The molecule has 34 heavy (non-hydrogen) atoms. The number of halogens is 1. The number of Topliss-reactive ketones (excluding diaryl/α,β-unsaturated/α-hetero) is 1. The van der Waals surface area contributed by atoms with Crippen molar-refractivity contribution < 1.29 is 23.8 Å². The van der Waals surface area contributed by atoms with Crippen LogP contribution in [0.1, 0.15) is 49.9 Å². The Morgan fingerprint density at radius 3 is 2.35 bits per heavy atom. The van der Waals surface area contributed by atoms with Crippen LogP contribution in [0.2, 0.25) is 0 Å². The van der Waals surface area contributed by atoms with Gasteiger partial charge < -0.3 is 19.6 Å². The van der Waals surface area contributed by atoms with Crippen LogP contribution in [-0.4, -0.2) is 59.4 Å². The second kappa shape index (κ2) is 11.3. The van der Waals surface area contributed by atoms with E-state index in [1.54, 1.807) is 30.3 Å². The van der Waals surface area contributed by atoms with E-state index in [9.17, 15) is 19.1 Å². The lowest BCUT2D eigenvalue weighted by Crippen LogP contribution is -2.38. The Hall–Kier alpha value is -3.19. The van der Waals surface area contributed by atoms with Crippen LogP contribution in [-0.2, 0) is 9.59 Å². The molecule has 1 N–H and O–H groups in total. The highest BCUT2D eigenvalue weighted by Gasteiger charge is 2.46. The maximum atomic E-state index is 13.6. The van der Waals surface area contributed by atoms with Crippen molar-refractivity contribution >= 4 is 17.4 Å². The number of aryl methyl sites for hydroxylation is 1. The van der Waals surface area contributed by atoms with Crippen LogP contribution in [0, 0.1) is 12.7 Å². The van der Waals surface area contributed by atoms with Crippen molar-refractivity contribution in [2.24, 2.45) is 0 Å². The zero-order valence-electron chi connectivity index (χ0n) is 20.3. The van der Waals surface area contributed by atoms with E-state index in [1.807, 2.05) is 27.7 Å². The van der Waals surface area contributed by atoms with Gasteiger partial charge in [-0.15, -0.1) is 0 Å². The summed E-state index contributed by atoms with van der Waals surface area (Å²) in [5.41, 5.74) is 1.76. The van der Waals surface area contributed by atoms with Crippen LogP contribution >= 0.6 is 0 Å². The van der Waals surface area contributed by atoms with Crippen molar-refractivity contribution in [1.82, 2.24) is 9.80 Å².